The molecule has 1 unspecified atom stereocenters. The lowest BCUT2D eigenvalue weighted by atomic mass is 10.0. The van der Waals surface area contributed by atoms with Crippen LogP contribution >= 0.6 is 7.82 Å². The Labute approximate surface area is 246 Å². The number of quaternary nitrogens is 1. The molecule has 0 spiro atoms. The molecule has 0 saturated heterocycles. The van der Waals surface area contributed by atoms with Crippen molar-refractivity contribution in [1.29, 1.82) is 0 Å². The van der Waals surface area contributed by atoms with Crippen molar-refractivity contribution in [1.82, 2.24) is 0 Å². The van der Waals surface area contributed by atoms with E-state index in [2.05, 4.69) is 6.92 Å². The molecule has 0 radical (unpaired) electrons. The Morgan fingerprint density at radius 3 is 1.72 bits per heavy atom. The van der Waals surface area contributed by atoms with Gasteiger partial charge in [0.2, 0.25) is 0 Å². The van der Waals surface area contributed by atoms with Gasteiger partial charge in [0.25, 0.3) is 0 Å². The van der Waals surface area contributed by atoms with Gasteiger partial charge in [0.1, 0.15) is 25.9 Å². The maximum Gasteiger partial charge on any atom is 0.472 e. The van der Waals surface area contributed by atoms with E-state index in [1.54, 1.807) is 0 Å². The minimum atomic E-state index is -4.28. The van der Waals surface area contributed by atoms with Crippen molar-refractivity contribution >= 4 is 13.8 Å². The van der Waals surface area contributed by atoms with Gasteiger partial charge >= 0.3 is 13.8 Å². The molecule has 2 N–H and O–H groups in total. The smallest absolute Gasteiger partial charge is 0.463 e. The van der Waals surface area contributed by atoms with Crippen molar-refractivity contribution in [3.8, 4) is 0 Å². The molecule has 0 aromatic heterocycles. The number of carbonyl (C=O) groups excluding carboxylic acids is 1. The van der Waals surface area contributed by atoms with Gasteiger partial charge in [0, 0.05) is 11.9 Å². The maximum atomic E-state index is 11.9. The highest BCUT2D eigenvalue weighted by molar-refractivity contribution is 7.47. The fourth-order valence-corrected chi connectivity index (χ4v) is 4.59. The second-order valence-corrected chi connectivity index (χ2v) is 13.0. The van der Waals surface area contributed by atoms with Crippen molar-refractivity contribution in [2.75, 3.05) is 47.5 Å². The first-order chi connectivity index (χ1) is 20.0. The number of ether oxygens (including phenoxy) is 1. The van der Waals surface area contributed by atoms with Crippen molar-refractivity contribution in [3.05, 3.63) is 0 Å². The number of unbranched alkanes of at least 4 members (excludes halogenated alkanes) is 13. The van der Waals surface area contributed by atoms with Crippen LogP contribution in [0.15, 0.2) is 0 Å². The molecule has 0 rings (SSSR count). The first-order valence-electron chi connectivity index (χ1n) is 17.3. The molecule has 8 nitrogen and oxygen atoms in total. The molecular weight excluding hydrogens is 517 g/mol. The summed E-state index contributed by atoms with van der Waals surface area (Å²) in [7, 11) is 1.47. The van der Waals surface area contributed by atoms with E-state index in [4.69, 9.17) is 19.3 Å². The van der Waals surface area contributed by atoms with Crippen LogP contribution in [-0.2, 0) is 23.1 Å². The standard InChI is InChI=1S/C30H62NO7P/c1-5-6-7-8-9-10-11-12-13-14-15-16-17-18-19-20-21-22-23-24-30(33)36-27-29(32)28-38-39(34,35)37-26-25-31(2,3)4/h29,32H,5-28H2,1-4H3/p+1/t29-/m1/s1/i13D2,14D2. The van der Waals surface area contributed by atoms with Crippen LogP contribution in [0.5, 0.6) is 0 Å². The number of rotatable bonds is 29. The molecule has 0 heterocycles. The lowest BCUT2D eigenvalue weighted by Crippen LogP contribution is -2.37. The van der Waals surface area contributed by atoms with Gasteiger partial charge < -0.3 is 19.2 Å². The molecule has 234 valence electrons. The predicted octanol–water partition coefficient (Wildman–Crippen LogP) is 7.55. The van der Waals surface area contributed by atoms with Crippen LogP contribution < -0.4 is 0 Å². The summed E-state index contributed by atoms with van der Waals surface area (Å²) < 4.78 is 60.1. The third kappa shape index (κ3) is 30.3. The molecule has 0 aromatic carbocycles. The molecule has 0 amide bonds. The van der Waals surface area contributed by atoms with Crippen molar-refractivity contribution in [2.24, 2.45) is 0 Å². The third-order valence-electron chi connectivity index (χ3n) is 6.35. The first kappa shape index (κ1) is 31.4. The van der Waals surface area contributed by atoms with E-state index in [0.29, 0.717) is 23.9 Å². The normalized spacial score (nSPS) is 16.6. The van der Waals surface area contributed by atoms with Crippen LogP contribution in [0.1, 0.15) is 141 Å². The number of hydrogen-bond donors (Lipinski definition) is 2. The largest absolute Gasteiger partial charge is 0.472 e. The van der Waals surface area contributed by atoms with E-state index in [1.165, 1.54) is 25.7 Å². The average molecular weight is 585 g/mol. The fourth-order valence-electron chi connectivity index (χ4n) is 3.85. The van der Waals surface area contributed by atoms with Gasteiger partial charge in [0.05, 0.1) is 27.7 Å². The molecule has 0 fully saturated rings. The van der Waals surface area contributed by atoms with Gasteiger partial charge in [-0.15, -0.1) is 0 Å². The highest BCUT2D eigenvalue weighted by Crippen LogP contribution is 2.43. The lowest BCUT2D eigenvalue weighted by Gasteiger charge is -2.24. The van der Waals surface area contributed by atoms with Crippen LogP contribution in [0.3, 0.4) is 0 Å². The van der Waals surface area contributed by atoms with Gasteiger partial charge in [-0.2, -0.15) is 0 Å². The molecule has 2 atom stereocenters. The van der Waals surface area contributed by atoms with E-state index in [1.807, 2.05) is 21.1 Å². The number of phosphoric ester groups is 1. The Morgan fingerprint density at radius 2 is 1.23 bits per heavy atom. The van der Waals surface area contributed by atoms with Crippen molar-refractivity contribution in [3.63, 3.8) is 0 Å². The van der Waals surface area contributed by atoms with E-state index in [0.717, 1.165) is 57.8 Å². The summed E-state index contributed by atoms with van der Waals surface area (Å²) in [4.78, 5) is 21.6. The number of likely N-dealkylation sites (N-methyl/N-ethyl adjacent to an activating group) is 1. The molecule has 0 aliphatic carbocycles. The number of hydrogen-bond acceptors (Lipinski definition) is 6. The van der Waals surface area contributed by atoms with E-state index in [9.17, 15) is 19.4 Å². The Hall–Kier alpha value is -0.500. The molecule has 0 aliphatic rings. The average Bonchev–Trinajstić information content (AvgIpc) is 2.90. The Bertz CT molecular complexity index is 769. The SMILES string of the molecule is [2H]C([2H])(CCCCCCCCC)C([2H])([2H])CCCCCCCCCCC(=O)OC[C@@H](O)COP(=O)(O)OCC[N+](C)(C)C. The third-order valence-corrected chi connectivity index (χ3v) is 7.33. The summed E-state index contributed by atoms with van der Waals surface area (Å²) >= 11 is 0. The summed E-state index contributed by atoms with van der Waals surface area (Å²) in [6.07, 6.45) is 10.8. The van der Waals surface area contributed by atoms with Gasteiger partial charge in [-0.05, 0) is 6.42 Å². The minimum Gasteiger partial charge on any atom is -0.463 e. The second-order valence-electron chi connectivity index (χ2n) is 11.5. The Kier molecular flexibility index (Phi) is 20.3. The summed E-state index contributed by atoms with van der Waals surface area (Å²) in [5.74, 6) is -0.438. The quantitative estimate of drug-likeness (QED) is 0.0405. The minimum absolute atomic E-state index is 0.0282. The van der Waals surface area contributed by atoms with Gasteiger partial charge in [-0.3, -0.25) is 13.8 Å². The van der Waals surface area contributed by atoms with Crippen molar-refractivity contribution < 1.29 is 43.1 Å². The summed E-state index contributed by atoms with van der Waals surface area (Å²) in [5.41, 5.74) is 0. The van der Waals surface area contributed by atoms with Crippen LogP contribution in [0.25, 0.3) is 0 Å². The van der Waals surface area contributed by atoms with Crippen LogP contribution in [0.2, 0.25) is 0 Å². The molecule has 39 heavy (non-hydrogen) atoms. The monoisotopic (exact) mass is 584 g/mol. The number of aliphatic hydroxyl groups excluding tert-OH is 1. The van der Waals surface area contributed by atoms with Gasteiger partial charge in [0.15, 0.2) is 0 Å². The zero-order chi connectivity index (χ0) is 32.8. The Balaban J connectivity index is 3.81. The van der Waals surface area contributed by atoms with E-state index in [-0.39, 0.29) is 32.5 Å². The molecule has 0 bridgehead atoms. The van der Waals surface area contributed by atoms with Crippen molar-refractivity contribution in [2.45, 2.75) is 141 Å². The first-order valence-corrected chi connectivity index (χ1v) is 16.8. The number of nitrogens with zero attached hydrogens (tertiary/aromatic N) is 1. The van der Waals surface area contributed by atoms with Crippen LogP contribution in [-0.4, -0.2) is 74.1 Å². The zero-order valence-corrected chi connectivity index (χ0v) is 26.4. The fraction of sp³-hybridized carbons (Fsp3) is 0.967. The second kappa shape index (κ2) is 25.2. The number of esters is 1. The highest BCUT2D eigenvalue weighted by Gasteiger charge is 2.24. The predicted molar refractivity (Wildman–Crippen MR) is 160 cm³/mol. The van der Waals surface area contributed by atoms with E-state index >= 15 is 0 Å². The summed E-state index contributed by atoms with van der Waals surface area (Å²) in [6.45, 7) is 1.92. The molecule has 0 aliphatic heterocycles. The summed E-state index contributed by atoms with van der Waals surface area (Å²) in [6, 6.07) is 0. The number of carbonyl (C=O) groups is 1. The molecular formula is C30H63NO7P+. The topological polar surface area (TPSA) is 102 Å². The van der Waals surface area contributed by atoms with Gasteiger partial charge in [-0.25, -0.2) is 4.57 Å². The molecule has 0 saturated carbocycles. The lowest BCUT2D eigenvalue weighted by molar-refractivity contribution is -0.870. The Morgan fingerprint density at radius 1 is 0.769 bits per heavy atom. The highest BCUT2D eigenvalue weighted by atomic mass is 31.2. The molecule has 9 heteroatoms. The maximum absolute atomic E-state index is 11.9. The van der Waals surface area contributed by atoms with Crippen LogP contribution in [0.4, 0.5) is 0 Å². The summed E-state index contributed by atoms with van der Waals surface area (Å²) in [5, 5.41) is 9.87. The number of aliphatic hydroxyl groups is 1. The molecule has 0 aromatic rings. The van der Waals surface area contributed by atoms with Crippen LogP contribution in [0, 0.1) is 0 Å². The zero-order valence-electron chi connectivity index (χ0n) is 29.5. The van der Waals surface area contributed by atoms with Gasteiger partial charge in [-0.1, -0.05) is 122 Å². The van der Waals surface area contributed by atoms with E-state index < -0.39 is 39.2 Å². The number of phosphoric acid groups is 1.